The lowest BCUT2D eigenvalue weighted by Gasteiger charge is -2.18. The molecule has 0 saturated heterocycles. The number of hydrogen-bond acceptors (Lipinski definition) is 1. The SMILES string of the molecule is CC(F)(F)C1CNc2ccc(Cl)cc21. The second-order valence-corrected chi connectivity index (χ2v) is 4.06. The van der Waals surface area contributed by atoms with E-state index in [1.807, 2.05) is 0 Å². The molecule has 1 aromatic carbocycles. The summed E-state index contributed by atoms with van der Waals surface area (Å²) in [6, 6.07) is 5.05. The number of fused-ring (bicyclic) bond motifs is 1. The Morgan fingerprint density at radius 2 is 2.21 bits per heavy atom. The van der Waals surface area contributed by atoms with E-state index >= 15 is 0 Å². The fraction of sp³-hybridized carbons (Fsp3) is 0.400. The molecule has 1 unspecified atom stereocenters. The average molecular weight is 218 g/mol. The highest BCUT2D eigenvalue weighted by molar-refractivity contribution is 6.30. The summed E-state index contributed by atoms with van der Waals surface area (Å²) in [5, 5.41) is 3.45. The Labute approximate surface area is 86.1 Å². The van der Waals surface area contributed by atoms with E-state index in [4.69, 9.17) is 11.6 Å². The van der Waals surface area contributed by atoms with Gasteiger partial charge in [0.2, 0.25) is 0 Å². The zero-order valence-corrected chi connectivity index (χ0v) is 8.41. The first kappa shape index (κ1) is 9.71. The molecule has 1 nitrogen and oxygen atoms in total. The van der Waals surface area contributed by atoms with Crippen molar-refractivity contribution < 1.29 is 8.78 Å². The normalized spacial score (nSPS) is 20.4. The van der Waals surface area contributed by atoms with E-state index in [9.17, 15) is 8.78 Å². The maximum absolute atomic E-state index is 13.2. The molecule has 4 heteroatoms. The van der Waals surface area contributed by atoms with Gasteiger partial charge in [0.15, 0.2) is 0 Å². The Hall–Kier alpha value is -0.830. The van der Waals surface area contributed by atoms with Crippen molar-refractivity contribution in [1.82, 2.24) is 0 Å². The van der Waals surface area contributed by atoms with Crippen molar-refractivity contribution in [3.05, 3.63) is 28.8 Å². The van der Waals surface area contributed by atoms with Crippen LogP contribution in [0, 0.1) is 0 Å². The molecule has 0 bridgehead atoms. The summed E-state index contributed by atoms with van der Waals surface area (Å²) in [6.45, 7) is 1.22. The van der Waals surface area contributed by atoms with E-state index in [-0.39, 0.29) is 6.54 Å². The van der Waals surface area contributed by atoms with E-state index in [1.165, 1.54) is 0 Å². The van der Waals surface area contributed by atoms with Crippen molar-refractivity contribution in [3.63, 3.8) is 0 Å². The van der Waals surface area contributed by atoms with Crippen LogP contribution in [0.25, 0.3) is 0 Å². The van der Waals surface area contributed by atoms with Crippen molar-refractivity contribution in [3.8, 4) is 0 Å². The van der Waals surface area contributed by atoms with Gasteiger partial charge in [0.05, 0.1) is 5.92 Å². The number of benzene rings is 1. The molecular formula is C10H10ClF2N. The fourth-order valence-electron chi connectivity index (χ4n) is 1.76. The molecule has 1 aliphatic rings. The molecule has 0 aliphatic carbocycles. The number of alkyl halides is 2. The Kier molecular flexibility index (Phi) is 2.14. The van der Waals surface area contributed by atoms with Gasteiger partial charge in [-0.05, 0) is 23.8 Å². The molecule has 0 saturated carbocycles. The van der Waals surface area contributed by atoms with Gasteiger partial charge >= 0.3 is 0 Å². The molecule has 1 atom stereocenters. The Bertz CT molecular complexity index is 360. The van der Waals surface area contributed by atoms with Crippen LogP contribution in [-0.4, -0.2) is 12.5 Å². The van der Waals surface area contributed by atoms with Crippen molar-refractivity contribution >= 4 is 17.3 Å². The smallest absolute Gasteiger partial charge is 0.253 e. The summed E-state index contributed by atoms with van der Waals surface area (Å²) in [6.07, 6.45) is 0. The van der Waals surface area contributed by atoms with Gasteiger partial charge in [-0.2, -0.15) is 0 Å². The Morgan fingerprint density at radius 1 is 1.50 bits per heavy atom. The van der Waals surface area contributed by atoms with Crippen LogP contribution in [0.2, 0.25) is 5.02 Å². The van der Waals surface area contributed by atoms with Gasteiger partial charge < -0.3 is 5.32 Å². The Morgan fingerprint density at radius 3 is 2.86 bits per heavy atom. The summed E-state index contributed by atoms with van der Waals surface area (Å²) >= 11 is 5.77. The number of anilines is 1. The standard InChI is InChI=1S/C10H10ClF2N/c1-10(12,13)8-5-14-9-3-2-6(11)4-7(8)9/h2-4,8,14H,5H2,1H3. The largest absolute Gasteiger partial charge is 0.384 e. The summed E-state index contributed by atoms with van der Waals surface area (Å²) in [5.41, 5.74) is 1.38. The molecule has 1 aromatic rings. The van der Waals surface area contributed by atoms with Gasteiger partial charge in [-0.3, -0.25) is 0 Å². The van der Waals surface area contributed by atoms with Gasteiger partial charge in [0.1, 0.15) is 0 Å². The molecule has 1 heterocycles. The van der Waals surface area contributed by atoms with E-state index in [0.717, 1.165) is 12.6 Å². The van der Waals surface area contributed by atoms with Gasteiger partial charge in [-0.1, -0.05) is 11.6 Å². The molecule has 76 valence electrons. The van der Waals surface area contributed by atoms with E-state index in [2.05, 4.69) is 5.32 Å². The van der Waals surface area contributed by atoms with Crippen molar-refractivity contribution in [2.45, 2.75) is 18.8 Å². The molecule has 0 aromatic heterocycles. The summed E-state index contributed by atoms with van der Waals surface area (Å²) in [5.74, 6) is -3.47. The predicted molar refractivity (Wildman–Crippen MR) is 53.3 cm³/mol. The second kappa shape index (κ2) is 3.09. The molecule has 0 spiro atoms. The van der Waals surface area contributed by atoms with Gasteiger partial charge in [0, 0.05) is 24.2 Å². The third kappa shape index (κ3) is 1.57. The molecule has 0 radical (unpaired) electrons. The number of halogens is 3. The highest BCUT2D eigenvalue weighted by Crippen LogP contribution is 2.42. The van der Waals surface area contributed by atoms with Gasteiger partial charge in [0.25, 0.3) is 5.92 Å². The van der Waals surface area contributed by atoms with Crippen LogP contribution in [0.5, 0.6) is 0 Å². The van der Waals surface area contributed by atoms with Crippen molar-refractivity contribution in [2.75, 3.05) is 11.9 Å². The lowest BCUT2D eigenvalue weighted by Crippen LogP contribution is -2.23. The summed E-state index contributed by atoms with van der Waals surface area (Å²) in [4.78, 5) is 0. The zero-order chi connectivity index (χ0) is 10.3. The summed E-state index contributed by atoms with van der Waals surface area (Å²) in [7, 11) is 0. The first-order valence-electron chi connectivity index (χ1n) is 4.39. The van der Waals surface area contributed by atoms with Crippen LogP contribution in [-0.2, 0) is 0 Å². The minimum absolute atomic E-state index is 0.277. The molecule has 1 aliphatic heterocycles. The first-order valence-corrected chi connectivity index (χ1v) is 4.77. The maximum Gasteiger partial charge on any atom is 0.253 e. The molecule has 0 amide bonds. The minimum atomic E-state index is -2.71. The fourth-order valence-corrected chi connectivity index (χ4v) is 1.94. The lowest BCUT2D eigenvalue weighted by atomic mass is 9.96. The van der Waals surface area contributed by atoms with E-state index in [0.29, 0.717) is 10.6 Å². The topological polar surface area (TPSA) is 12.0 Å². The van der Waals surface area contributed by atoms with Crippen molar-refractivity contribution in [2.24, 2.45) is 0 Å². The molecule has 14 heavy (non-hydrogen) atoms. The highest BCUT2D eigenvalue weighted by atomic mass is 35.5. The average Bonchev–Trinajstić information content (AvgIpc) is 2.45. The molecule has 0 fully saturated rings. The van der Waals surface area contributed by atoms with Crippen molar-refractivity contribution in [1.29, 1.82) is 0 Å². The highest BCUT2D eigenvalue weighted by Gasteiger charge is 2.39. The van der Waals surface area contributed by atoms with Crippen LogP contribution in [0.3, 0.4) is 0 Å². The molecule has 1 N–H and O–H groups in total. The maximum atomic E-state index is 13.2. The number of nitrogens with one attached hydrogen (secondary N) is 1. The zero-order valence-electron chi connectivity index (χ0n) is 7.65. The third-order valence-electron chi connectivity index (χ3n) is 2.50. The van der Waals surface area contributed by atoms with Crippen LogP contribution in [0.1, 0.15) is 18.4 Å². The number of rotatable bonds is 1. The second-order valence-electron chi connectivity index (χ2n) is 3.62. The lowest BCUT2D eigenvalue weighted by molar-refractivity contribution is -0.00184. The van der Waals surface area contributed by atoms with E-state index in [1.54, 1.807) is 18.2 Å². The van der Waals surface area contributed by atoms with Gasteiger partial charge in [-0.25, -0.2) is 8.78 Å². The third-order valence-corrected chi connectivity index (χ3v) is 2.73. The molecule has 2 rings (SSSR count). The van der Waals surface area contributed by atoms with Crippen LogP contribution < -0.4 is 5.32 Å². The van der Waals surface area contributed by atoms with Crippen LogP contribution in [0.15, 0.2) is 18.2 Å². The van der Waals surface area contributed by atoms with Gasteiger partial charge in [-0.15, -0.1) is 0 Å². The first-order chi connectivity index (χ1) is 6.48. The van der Waals surface area contributed by atoms with E-state index < -0.39 is 11.8 Å². The number of hydrogen-bond donors (Lipinski definition) is 1. The monoisotopic (exact) mass is 217 g/mol. The molecular weight excluding hydrogens is 208 g/mol. The quantitative estimate of drug-likeness (QED) is 0.759. The predicted octanol–water partition coefficient (Wildman–Crippen LogP) is 3.50. The minimum Gasteiger partial charge on any atom is -0.384 e. The summed E-state index contributed by atoms with van der Waals surface area (Å²) < 4.78 is 26.3. The Balaban J connectivity index is 2.43. The van der Waals surface area contributed by atoms with Crippen LogP contribution >= 0.6 is 11.6 Å². The van der Waals surface area contributed by atoms with Crippen LogP contribution in [0.4, 0.5) is 14.5 Å².